The molecule has 28 heavy (non-hydrogen) atoms. The van der Waals surface area contributed by atoms with Gasteiger partial charge in [0.05, 0.1) is 29.8 Å². The minimum atomic E-state index is -2.17. The number of methoxy groups -OCH3 is 1. The number of aryl methyl sites for hydroxylation is 2. The Morgan fingerprint density at radius 2 is 1.82 bits per heavy atom. The molecule has 0 aliphatic heterocycles. The number of hydrogen-bond donors (Lipinski definition) is 0. The van der Waals surface area contributed by atoms with Gasteiger partial charge in [0.15, 0.2) is 0 Å². The maximum atomic E-state index is 11.8. The molecule has 0 aliphatic rings. The van der Waals surface area contributed by atoms with Gasteiger partial charge in [-0.1, -0.05) is 34.8 Å². The van der Waals surface area contributed by atoms with Crippen LogP contribution in [-0.4, -0.2) is 24.1 Å². The van der Waals surface area contributed by atoms with Crippen LogP contribution in [0.5, 0.6) is 0 Å². The van der Waals surface area contributed by atoms with Gasteiger partial charge in [-0.05, 0) is 50.6 Å². The fourth-order valence-electron chi connectivity index (χ4n) is 3.07. The molecule has 7 heteroatoms. The van der Waals surface area contributed by atoms with Gasteiger partial charge in [-0.15, -0.1) is 0 Å². The summed E-state index contributed by atoms with van der Waals surface area (Å²) in [6.07, 6.45) is -0.158. The van der Waals surface area contributed by atoms with Crippen LogP contribution in [0.3, 0.4) is 0 Å². The molecule has 0 aliphatic carbocycles. The Morgan fingerprint density at radius 1 is 1.18 bits per heavy atom. The minimum absolute atomic E-state index is 0.322. The molecular formula is C21H21Cl2F2NO2. The molecule has 3 nitrogen and oxygen atoms in total. The highest BCUT2D eigenvalue weighted by Crippen LogP contribution is 2.31. The van der Waals surface area contributed by atoms with Crippen LogP contribution in [-0.2, 0) is 11.3 Å². The maximum Gasteiger partial charge on any atom is 0.339 e. The van der Waals surface area contributed by atoms with Gasteiger partial charge in [0.2, 0.25) is 6.43 Å². The largest absolute Gasteiger partial charge is 0.465 e. The molecule has 0 saturated heterocycles. The van der Waals surface area contributed by atoms with Crippen molar-refractivity contribution in [3.63, 3.8) is 0 Å². The summed E-state index contributed by atoms with van der Waals surface area (Å²) in [6, 6.07) is 9.63. The number of fused-ring (bicyclic) bond motifs is 1. The molecular weight excluding hydrogens is 407 g/mol. The smallest absolute Gasteiger partial charge is 0.339 e. The Bertz CT molecular complexity index is 997. The van der Waals surface area contributed by atoms with E-state index in [1.54, 1.807) is 12.1 Å². The number of ether oxygens (including phenoxy) is 1. The van der Waals surface area contributed by atoms with Crippen molar-refractivity contribution in [3.05, 3.63) is 68.8 Å². The molecule has 0 unspecified atom stereocenters. The molecule has 0 radical (unpaired) electrons. The molecule has 0 bridgehead atoms. The maximum absolute atomic E-state index is 11.8. The van der Waals surface area contributed by atoms with E-state index in [-0.39, 0.29) is 0 Å². The van der Waals surface area contributed by atoms with Crippen LogP contribution in [0.25, 0.3) is 10.9 Å². The highest BCUT2D eigenvalue weighted by atomic mass is 35.5. The quantitative estimate of drug-likeness (QED) is 0.436. The van der Waals surface area contributed by atoms with E-state index >= 15 is 0 Å². The first-order chi connectivity index (χ1) is 13.1. The second kappa shape index (κ2) is 9.39. The van der Waals surface area contributed by atoms with E-state index in [0.29, 0.717) is 27.7 Å². The number of rotatable bonds is 3. The van der Waals surface area contributed by atoms with Crippen LogP contribution in [0.15, 0.2) is 36.5 Å². The number of halogens is 4. The van der Waals surface area contributed by atoms with Crippen molar-refractivity contribution in [3.8, 4) is 0 Å². The third kappa shape index (κ3) is 5.03. The van der Waals surface area contributed by atoms with Gasteiger partial charge in [0, 0.05) is 22.2 Å². The van der Waals surface area contributed by atoms with Gasteiger partial charge in [0.25, 0.3) is 0 Å². The number of benzene rings is 2. The Morgan fingerprint density at radius 3 is 2.43 bits per heavy atom. The summed E-state index contributed by atoms with van der Waals surface area (Å²) in [5, 5.41) is 2.03. The highest BCUT2D eigenvalue weighted by Gasteiger charge is 2.17. The Balaban J connectivity index is 0.000000640. The number of esters is 1. The summed E-state index contributed by atoms with van der Waals surface area (Å²) in [4.78, 5) is 11.8. The number of carbonyl (C=O) groups excluding carboxylic acids is 1. The van der Waals surface area contributed by atoms with Gasteiger partial charge < -0.3 is 9.30 Å². The number of nitrogens with zero attached hydrogens (tertiary/aromatic N) is 1. The Kier molecular flexibility index (Phi) is 7.44. The molecule has 0 N–H and O–H groups in total. The van der Waals surface area contributed by atoms with Crippen molar-refractivity contribution in [1.29, 1.82) is 0 Å². The lowest BCUT2D eigenvalue weighted by Gasteiger charge is -2.13. The van der Waals surface area contributed by atoms with Crippen LogP contribution < -0.4 is 0 Å². The molecule has 3 aromatic rings. The average molecular weight is 428 g/mol. The van der Waals surface area contributed by atoms with Gasteiger partial charge in [0.1, 0.15) is 0 Å². The van der Waals surface area contributed by atoms with E-state index in [1.807, 2.05) is 6.20 Å². The molecule has 0 fully saturated rings. The number of alkyl halides is 2. The fourth-order valence-corrected chi connectivity index (χ4v) is 3.64. The second-order valence-corrected chi connectivity index (χ2v) is 7.15. The normalized spacial score (nSPS) is 10.8. The van der Waals surface area contributed by atoms with Gasteiger partial charge in [-0.2, -0.15) is 0 Å². The monoisotopic (exact) mass is 427 g/mol. The summed E-state index contributed by atoms with van der Waals surface area (Å²) in [7, 11) is 1.33. The molecule has 0 spiro atoms. The zero-order valence-electron chi connectivity index (χ0n) is 16.0. The predicted octanol–water partition coefficient (Wildman–Crippen LogP) is 6.67. The van der Waals surface area contributed by atoms with Crippen molar-refractivity contribution in [2.24, 2.45) is 0 Å². The molecule has 3 rings (SSSR count). The summed E-state index contributed by atoms with van der Waals surface area (Å²) >= 11 is 12.8. The van der Waals surface area contributed by atoms with Crippen molar-refractivity contribution in [2.45, 2.75) is 33.7 Å². The molecule has 1 heterocycles. The number of hydrogen-bond acceptors (Lipinski definition) is 2. The molecule has 150 valence electrons. The number of aromatic nitrogens is 1. The zero-order chi connectivity index (χ0) is 21.0. The molecule has 0 saturated carbocycles. The lowest BCUT2D eigenvalue weighted by Crippen LogP contribution is -2.07. The molecule has 0 amide bonds. The van der Waals surface area contributed by atoms with Crippen molar-refractivity contribution >= 4 is 40.1 Å². The molecule has 1 aromatic heterocycles. The van der Waals surface area contributed by atoms with Gasteiger partial charge in [-0.3, -0.25) is 0 Å². The van der Waals surface area contributed by atoms with E-state index < -0.39 is 12.4 Å². The summed E-state index contributed by atoms with van der Waals surface area (Å²) in [5.74, 6) is -0.470. The van der Waals surface area contributed by atoms with Crippen LogP contribution >= 0.6 is 23.2 Å². The Hall–Kier alpha value is -2.11. The van der Waals surface area contributed by atoms with Crippen LogP contribution in [0, 0.1) is 13.8 Å². The van der Waals surface area contributed by atoms with E-state index in [9.17, 15) is 13.6 Å². The third-order valence-corrected chi connectivity index (χ3v) is 4.90. The van der Waals surface area contributed by atoms with Crippen molar-refractivity contribution in [1.82, 2.24) is 4.57 Å². The first-order valence-electron chi connectivity index (χ1n) is 8.55. The fraction of sp³-hybridized carbons (Fsp3) is 0.286. The van der Waals surface area contributed by atoms with Crippen LogP contribution in [0.4, 0.5) is 8.78 Å². The summed E-state index contributed by atoms with van der Waals surface area (Å²) in [5.41, 5.74) is 4.57. The number of carbonyl (C=O) groups is 1. The van der Waals surface area contributed by atoms with Crippen molar-refractivity contribution < 1.29 is 18.3 Å². The van der Waals surface area contributed by atoms with Crippen LogP contribution in [0.2, 0.25) is 10.0 Å². The third-order valence-electron chi connectivity index (χ3n) is 4.12. The summed E-state index contributed by atoms with van der Waals surface area (Å²) in [6.45, 7) is 5.48. The summed E-state index contributed by atoms with van der Waals surface area (Å²) < 4.78 is 27.5. The minimum Gasteiger partial charge on any atom is -0.465 e. The van der Waals surface area contributed by atoms with E-state index in [4.69, 9.17) is 27.9 Å². The van der Waals surface area contributed by atoms with Gasteiger partial charge >= 0.3 is 5.97 Å². The topological polar surface area (TPSA) is 31.2 Å². The van der Waals surface area contributed by atoms with E-state index in [2.05, 4.69) is 36.6 Å². The first kappa shape index (κ1) is 22.2. The highest BCUT2D eigenvalue weighted by molar-refractivity contribution is 6.38. The zero-order valence-corrected chi connectivity index (χ0v) is 17.5. The second-order valence-electron chi connectivity index (χ2n) is 6.36. The molecule has 2 aromatic carbocycles. The van der Waals surface area contributed by atoms with Crippen LogP contribution in [0.1, 0.15) is 34.0 Å². The SMILES string of the molecule is CC(F)F.COC(=O)c1ccc(Cl)c(Cn2ccc3cc(C)cc(C)c32)c1Cl. The Labute approximate surface area is 172 Å². The van der Waals surface area contributed by atoms with Crippen molar-refractivity contribution in [2.75, 3.05) is 7.11 Å². The predicted molar refractivity (Wildman–Crippen MR) is 110 cm³/mol. The van der Waals surface area contributed by atoms with Gasteiger partial charge in [-0.25, -0.2) is 13.6 Å². The first-order valence-corrected chi connectivity index (χ1v) is 9.30. The average Bonchev–Trinajstić information content (AvgIpc) is 3.00. The van der Waals surface area contributed by atoms with E-state index in [1.165, 1.54) is 23.6 Å². The lowest BCUT2D eigenvalue weighted by molar-refractivity contribution is 0.0600. The standard InChI is InChI=1S/C19H17Cl2NO2.C2H4F2/c1-11-8-12(2)18-13(9-11)6-7-22(18)10-15-16(20)5-4-14(17(15)21)19(23)24-3;1-2(3)4/h4-9H,10H2,1-3H3;2H,1H3. The lowest BCUT2D eigenvalue weighted by atomic mass is 10.1. The molecule has 0 atom stereocenters. The van der Waals surface area contributed by atoms with E-state index in [0.717, 1.165) is 12.4 Å².